The highest BCUT2D eigenvalue weighted by atomic mass is 14.2. The molecule has 0 heterocycles. The number of hydrogen-bond donors (Lipinski definition) is 0. The second-order valence-electron chi connectivity index (χ2n) is 8.64. The largest absolute Gasteiger partial charge is 0.0625 e. The summed E-state index contributed by atoms with van der Waals surface area (Å²) in [7, 11) is 0. The van der Waals surface area contributed by atoms with E-state index < -0.39 is 0 Å². The molecule has 25 heavy (non-hydrogen) atoms. The monoisotopic (exact) mass is 334 g/mol. The van der Waals surface area contributed by atoms with E-state index in [-0.39, 0.29) is 0 Å². The Morgan fingerprint density at radius 1 is 0.800 bits per heavy atom. The van der Waals surface area contributed by atoms with Crippen LogP contribution in [0.2, 0.25) is 0 Å². The van der Waals surface area contributed by atoms with Gasteiger partial charge in [-0.2, -0.15) is 0 Å². The summed E-state index contributed by atoms with van der Waals surface area (Å²) in [5.41, 5.74) is 10.3. The van der Waals surface area contributed by atoms with Gasteiger partial charge in [-0.25, -0.2) is 0 Å². The van der Waals surface area contributed by atoms with Gasteiger partial charge >= 0.3 is 0 Å². The van der Waals surface area contributed by atoms with Crippen LogP contribution in [0.5, 0.6) is 0 Å². The highest BCUT2D eigenvalue weighted by Crippen LogP contribution is 2.31. The van der Waals surface area contributed by atoms with E-state index >= 15 is 0 Å². The Balaban J connectivity index is 1.76. The molecule has 0 saturated heterocycles. The molecule has 0 N–H and O–H groups in total. The normalized spacial score (nSPS) is 20.7. The van der Waals surface area contributed by atoms with E-state index in [4.69, 9.17) is 0 Å². The van der Waals surface area contributed by atoms with Crippen molar-refractivity contribution in [2.75, 3.05) is 0 Å². The maximum Gasteiger partial charge on any atom is -0.00179 e. The molecule has 2 aromatic rings. The van der Waals surface area contributed by atoms with Crippen molar-refractivity contribution in [2.24, 2.45) is 11.8 Å². The molecule has 2 aromatic carbocycles. The van der Waals surface area contributed by atoms with Crippen LogP contribution in [0.1, 0.15) is 71.6 Å². The van der Waals surface area contributed by atoms with E-state index in [2.05, 4.69) is 65.0 Å². The van der Waals surface area contributed by atoms with Crippen molar-refractivity contribution in [1.82, 2.24) is 0 Å². The third kappa shape index (κ3) is 4.54. The van der Waals surface area contributed by atoms with E-state index in [0.717, 1.165) is 18.3 Å². The molecule has 1 aliphatic rings. The van der Waals surface area contributed by atoms with Gasteiger partial charge in [0.15, 0.2) is 0 Å². The lowest BCUT2D eigenvalue weighted by molar-refractivity contribution is 0.289. The van der Waals surface area contributed by atoms with Crippen molar-refractivity contribution < 1.29 is 0 Å². The van der Waals surface area contributed by atoms with Gasteiger partial charge in [0.05, 0.1) is 0 Å². The molecule has 134 valence electrons. The fourth-order valence-electron chi connectivity index (χ4n) is 4.58. The minimum atomic E-state index is 0.903. The van der Waals surface area contributed by atoms with Crippen molar-refractivity contribution in [1.29, 1.82) is 0 Å². The Morgan fingerprint density at radius 2 is 1.44 bits per heavy atom. The van der Waals surface area contributed by atoms with Crippen LogP contribution in [-0.2, 0) is 12.8 Å². The second-order valence-corrected chi connectivity index (χ2v) is 8.64. The lowest BCUT2D eigenvalue weighted by Gasteiger charge is -2.26. The van der Waals surface area contributed by atoms with Crippen molar-refractivity contribution in [2.45, 2.75) is 73.1 Å². The van der Waals surface area contributed by atoms with Gasteiger partial charge in [0.1, 0.15) is 0 Å². The zero-order valence-corrected chi connectivity index (χ0v) is 16.8. The zero-order valence-electron chi connectivity index (χ0n) is 16.8. The molecule has 0 amide bonds. The first-order chi connectivity index (χ1) is 11.9. The molecule has 1 fully saturated rings. The van der Waals surface area contributed by atoms with Gasteiger partial charge in [0, 0.05) is 0 Å². The van der Waals surface area contributed by atoms with Crippen molar-refractivity contribution in [3.05, 3.63) is 69.3 Å². The van der Waals surface area contributed by atoms with Crippen LogP contribution in [0, 0.1) is 39.5 Å². The van der Waals surface area contributed by atoms with Gasteiger partial charge in [-0.15, -0.1) is 0 Å². The SMILES string of the molecule is Cc1ccc(Cc2c(C)cc(CC3CCC(C)CC3)cc2C)c(C)c1. The van der Waals surface area contributed by atoms with Gasteiger partial charge in [-0.3, -0.25) is 0 Å². The summed E-state index contributed by atoms with van der Waals surface area (Å²) in [5.74, 6) is 1.85. The highest BCUT2D eigenvalue weighted by molar-refractivity contribution is 5.43. The molecule has 3 rings (SSSR count). The van der Waals surface area contributed by atoms with Crippen molar-refractivity contribution in [3.8, 4) is 0 Å². The van der Waals surface area contributed by atoms with E-state index in [1.165, 1.54) is 65.5 Å². The van der Waals surface area contributed by atoms with E-state index in [1.54, 1.807) is 5.56 Å². The molecule has 1 saturated carbocycles. The third-order valence-corrected chi connectivity index (χ3v) is 6.28. The smallest absolute Gasteiger partial charge is 0.00179 e. The quantitative estimate of drug-likeness (QED) is 0.571. The van der Waals surface area contributed by atoms with Crippen LogP contribution in [-0.4, -0.2) is 0 Å². The maximum absolute atomic E-state index is 2.46. The number of rotatable bonds is 4. The minimum absolute atomic E-state index is 0.903. The van der Waals surface area contributed by atoms with Crippen molar-refractivity contribution in [3.63, 3.8) is 0 Å². The maximum atomic E-state index is 2.46. The van der Waals surface area contributed by atoms with Crippen LogP contribution in [0.3, 0.4) is 0 Å². The van der Waals surface area contributed by atoms with Gasteiger partial charge in [-0.05, 0) is 98.6 Å². The lowest BCUT2D eigenvalue weighted by atomic mass is 9.79. The Bertz CT molecular complexity index is 707. The second kappa shape index (κ2) is 7.77. The molecule has 0 unspecified atom stereocenters. The Hall–Kier alpha value is -1.56. The fraction of sp³-hybridized carbons (Fsp3) is 0.520. The number of hydrogen-bond acceptors (Lipinski definition) is 0. The summed E-state index contributed by atoms with van der Waals surface area (Å²) in [6, 6.07) is 11.8. The van der Waals surface area contributed by atoms with E-state index in [0.29, 0.717) is 0 Å². The highest BCUT2D eigenvalue weighted by Gasteiger charge is 2.19. The first-order valence-electron chi connectivity index (χ1n) is 10.1. The molecule has 0 aliphatic heterocycles. The number of benzene rings is 2. The van der Waals surface area contributed by atoms with E-state index in [9.17, 15) is 0 Å². The average Bonchev–Trinajstić information content (AvgIpc) is 2.55. The average molecular weight is 335 g/mol. The van der Waals surface area contributed by atoms with Gasteiger partial charge < -0.3 is 0 Å². The third-order valence-electron chi connectivity index (χ3n) is 6.28. The summed E-state index contributed by atoms with van der Waals surface area (Å²) in [4.78, 5) is 0. The van der Waals surface area contributed by atoms with E-state index in [1.807, 2.05) is 0 Å². The van der Waals surface area contributed by atoms with Crippen LogP contribution in [0.15, 0.2) is 30.3 Å². The fourth-order valence-corrected chi connectivity index (χ4v) is 4.58. The topological polar surface area (TPSA) is 0 Å². The molecular formula is C25H34. The predicted octanol–water partition coefficient (Wildman–Crippen LogP) is 6.88. The van der Waals surface area contributed by atoms with Gasteiger partial charge in [0.25, 0.3) is 0 Å². The van der Waals surface area contributed by atoms with Crippen LogP contribution < -0.4 is 0 Å². The van der Waals surface area contributed by atoms with Gasteiger partial charge in [-0.1, -0.05) is 55.7 Å². The van der Waals surface area contributed by atoms with Crippen molar-refractivity contribution >= 4 is 0 Å². The lowest BCUT2D eigenvalue weighted by Crippen LogP contribution is -2.14. The molecule has 0 bridgehead atoms. The Labute approximate surface area is 154 Å². The van der Waals surface area contributed by atoms with Gasteiger partial charge in [0.2, 0.25) is 0 Å². The molecule has 0 aromatic heterocycles. The summed E-state index contributed by atoms with van der Waals surface area (Å²) < 4.78 is 0. The minimum Gasteiger partial charge on any atom is -0.0625 e. The Kier molecular flexibility index (Phi) is 5.67. The molecule has 0 atom stereocenters. The van der Waals surface area contributed by atoms with Crippen LogP contribution >= 0.6 is 0 Å². The molecular weight excluding hydrogens is 300 g/mol. The molecule has 1 aliphatic carbocycles. The molecule has 0 spiro atoms. The number of aryl methyl sites for hydroxylation is 4. The summed E-state index contributed by atoms with van der Waals surface area (Å²) in [6.07, 6.45) is 8.03. The van der Waals surface area contributed by atoms with Crippen LogP contribution in [0.4, 0.5) is 0 Å². The Morgan fingerprint density at radius 3 is 2.04 bits per heavy atom. The zero-order chi connectivity index (χ0) is 18.0. The summed E-state index contributed by atoms with van der Waals surface area (Å²) >= 11 is 0. The summed E-state index contributed by atoms with van der Waals surface area (Å²) in [6.45, 7) is 11.4. The first-order valence-corrected chi connectivity index (χ1v) is 10.1. The predicted molar refractivity (Wildman–Crippen MR) is 109 cm³/mol. The molecule has 0 nitrogen and oxygen atoms in total. The first kappa shape index (κ1) is 18.2. The molecule has 0 radical (unpaired) electrons. The summed E-state index contributed by atoms with van der Waals surface area (Å²) in [5, 5.41) is 0. The van der Waals surface area contributed by atoms with Crippen LogP contribution in [0.25, 0.3) is 0 Å². The molecule has 0 heteroatoms. The standard InChI is InChI=1S/C25H34/c1-17-6-9-22(10-7-17)15-23-13-20(4)25(21(5)14-23)16-24-11-8-18(2)12-19(24)3/h8,11-14,17,22H,6-7,9-10,15-16H2,1-5H3.